The number of aliphatic hydroxyl groups excluding tert-OH is 1. The summed E-state index contributed by atoms with van der Waals surface area (Å²) in [5.74, 6) is 2.30. The van der Waals surface area contributed by atoms with Gasteiger partial charge in [-0.25, -0.2) is 0 Å². The molecule has 2 aromatic heterocycles. The Bertz CT molecular complexity index is 571. The van der Waals surface area contributed by atoms with Gasteiger partial charge in [-0.15, -0.1) is 0 Å². The Kier molecular flexibility index (Phi) is 3.60. The lowest BCUT2D eigenvalue weighted by Gasteiger charge is -2.41. The SMILES string of the molecule is Cc1ccc(CNC2(Cc3cc(CO)on3)COC2)o1. The number of aryl methyl sites for hydroxylation is 1. The maximum absolute atomic E-state index is 8.99. The highest BCUT2D eigenvalue weighted by Gasteiger charge is 2.39. The predicted molar refractivity (Wildman–Crippen MR) is 70.0 cm³/mol. The fourth-order valence-corrected chi connectivity index (χ4v) is 2.33. The summed E-state index contributed by atoms with van der Waals surface area (Å²) in [6, 6.07) is 5.69. The molecule has 0 atom stereocenters. The van der Waals surface area contributed by atoms with E-state index in [-0.39, 0.29) is 12.1 Å². The van der Waals surface area contributed by atoms with Crippen LogP contribution >= 0.6 is 0 Å². The Hall–Kier alpha value is -1.63. The number of aliphatic hydroxyl groups is 1. The van der Waals surface area contributed by atoms with Gasteiger partial charge in [0.1, 0.15) is 18.1 Å². The van der Waals surface area contributed by atoms with E-state index in [1.807, 2.05) is 19.1 Å². The summed E-state index contributed by atoms with van der Waals surface area (Å²) < 4.78 is 15.9. The molecule has 1 aliphatic rings. The van der Waals surface area contributed by atoms with E-state index in [1.54, 1.807) is 6.07 Å². The second-order valence-electron chi connectivity index (χ2n) is 5.26. The second-order valence-corrected chi connectivity index (χ2v) is 5.26. The number of hydrogen-bond acceptors (Lipinski definition) is 6. The van der Waals surface area contributed by atoms with E-state index in [0.29, 0.717) is 31.9 Å². The predicted octanol–water partition coefficient (Wildman–Crippen LogP) is 1.17. The molecule has 3 rings (SSSR count). The number of aromatic nitrogens is 1. The third-order valence-electron chi connectivity index (χ3n) is 3.47. The third kappa shape index (κ3) is 2.77. The van der Waals surface area contributed by atoms with Crippen molar-refractivity contribution in [2.24, 2.45) is 0 Å². The van der Waals surface area contributed by atoms with Crippen LogP contribution in [0.3, 0.4) is 0 Å². The van der Waals surface area contributed by atoms with E-state index < -0.39 is 0 Å². The van der Waals surface area contributed by atoms with Crippen LogP contribution in [-0.2, 0) is 24.3 Å². The first-order valence-electron chi connectivity index (χ1n) is 6.63. The van der Waals surface area contributed by atoms with E-state index in [4.69, 9.17) is 18.8 Å². The van der Waals surface area contributed by atoms with Gasteiger partial charge < -0.3 is 18.8 Å². The number of rotatable bonds is 6. The standard InChI is InChI=1S/C14H18N2O4/c1-10-2-3-12(19-10)6-15-14(8-18-9-14)5-11-4-13(7-17)20-16-11/h2-4,15,17H,5-9H2,1H3. The number of ether oxygens (including phenoxy) is 1. The van der Waals surface area contributed by atoms with Crippen molar-refractivity contribution in [2.45, 2.75) is 32.0 Å². The molecule has 2 N–H and O–H groups in total. The number of nitrogens with zero attached hydrogens (tertiary/aromatic N) is 1. The van der Waals surface area contributed by atoms with Crippen molar-refractivity contribution in [2.75, 3.05) is 13.2 Å². The van der Waals surface area contributed by atoms with Crippen LogP contribution in [0.1, 0.15) is 23.0 Å². The first-order chi connectivity index (χ1) is 9.69. The first-order valence-corrected chi connectivity index (χ1v) is 6.63. The van der Waals surface area contributed by atoms with Gasteiger partial charge in [-0.1, -0.05) is 5.16 Å². The summed E-state index contributed by atoms with van der Waals surface area (Å²) in [4.78, 5) is 0. The van der Waals surface area contributed by atoms with Crippen molar-refractivity contribution >= 4 is 0 Å². The lowest BCUT2D eigenvalue weighted by Crippen LogP contribution is -2.61. The van der Waals surface area contributed by atoms with Crippen molar-refractivity contribution in [3.63, 3.8) is 0 Å². The van der Waals surface area contributed by atoms with Gasteiger partial charge in [0.15, 0.2) is 5.76 Å². The van der Waals surface area contributed by atoms with Crippen LogP contribution in [0.25, 0.3) is 0 Å². The topological polar surface area (TPSA) is 80.7 Å². The first kappa shape index (κ1) is 13.4. The Morgan fingerprint density at radius 3 is 2.75 bits per heavy atom. The van der Waals surface area contributed by atoms with Crippen molar-refractivity contribution in [3.05, 3.63) is 41.2 Å². The minimum atomic E-state index is -0.135. The summed E-state index contributed by atoms with van der Waals surface area (Å²) in [6.07, 6.45) is 0.705. The fraction of sp³-hybridized carbons (Fsp3) is 0.500. The molecular formula is C14H18N2O4. The van der Waals surface area contributed by atoms with Crippen molar-refractivity contribution < 1.29 is 18.8 Å². The van der Waals surface area contributed by atoms with Gasteiger partial charge in [0.2, 0.25) is 0 Å². The highest BCUT2D eigenvalue weighted by molar-refractivity contribution is 5.13. The van der Waals surface area contributed by atoms with Crippen LogP contribution in [0, 0.1) is 6.92 Å². The number of hydrogen-bond donors (Lipinski definition) is 2. The second kappa shape index (κ2) is 5.40. The molecule has 0 bridgehead atoms. The van der Waals surface area contributed by atoms with Gasteiger partial charge in [0, 0.05) is 12.5 Å². The number of furan rings is 1. The Morgan fingerprint density at radius 1 is 1.35 bits per heavy atom. The van der Waals surface area contributed by atoms with Gasteiger partial charge in [-0.2, -0.15) is 0 Å². The maximum atomic E-state index is 8.99. The van der Waals surface area contributed by atoms with Crippen LogP contribution in [0.4, 0.5) is 0 Å². The molecule has 3 heterocycles. The maximum Gasteiger partial charge on any atom is 0.162 e. The molecule has 0 radical (unpaired) electrons. The van der Waals surface area contributed by atoms with Crippen LogP contribution in [-0.4, -0.2) is 29.0 Å². The zero-order valence-electron chi connectivity index (χ0n) is 11.4. The van der Waals surface area contributed by atoms with Crippen LogP contribution in [0.2, 0.25) is 0 Å². The van der Waals surface area contributed by atoms with Crippen LogP contribution < -0.4 is 5.32 Å². The molecule has 1 aliphatic heterocycles. The molecule has 0 unspecified atom stereocenters. The molecule has 6 nitrogen and oxygen atoms in total. The fourth-order valence-electron chi connectivity index (χ4n) is 2.33. The monoisotopic (exact) mass is 278 g/mol. The minimum absolute atomic E-state index is 0.129. The molecule has 1 saturated heterocycles. The molecule has 0 aromatic carbocycles. The molecule has 108 valence electrons. The zero-order valence-corrected chi connectivity index (χ0v) is 11.4. The molecule has 0 saturated carbocycles. The van der Waals surface area contributed by atoms with Gasteiger partial charge in [0.25, 0.3) is 0 Å². The average Bonchev–Trinajstić information content (AvgIpc) is 3.01. The molecule has 2 aromatic rings. The molecular weight excluding hydrogens is 260 g/mol. The summed E-state index contributed by atoms with van der Waals surface area (Å²) in [5.41, 5.74) is 0.685. The lowest BCUT2D eigenvalue weighted by molar-refractivity contribution is -0.0762. The Labute approximate surface area is 116 Å². The van der Waals surface area contributed by atoms with Crippen molar-refractivity contribution in [1.82, 2.24) is 10.5 Å². The smallest absolute Gasteiger partial charge is 0.162 e. The van der Waals surface area contributed by atoms with Gasteiger partial charge in [-0.3, -0.25) is 5.32 Å². The molecule has 20 heavy (non-hydrogen) atoms. The zero-order chi connectivity index (χ0) is 14.0. The normalized spacial score (nSPS) is 17.1. The summed E-state index contributed by atoms with van der Waals surface area (Å²) >= 11 is 0. The van der Waals surface area contributed by atoms with E-state index in [9.17, 15) is 0 Å². The largest absolute Gasteiger partial charge is 0.465 e. The molecule has 6 heteroatoms. The highest BCUT2D eigenvalue weighted by Crippen LogP contribution is 2.23. The Morgan fingerprint density at radius 2 is 2.20 bits per heavy atom. The lowest BCUT2D eigenvalue weighted by atomic mass is 9.91. The average molecular weight is 278 g/mol. The highest BCUT2D eigenvalue weighted by atomic mass is 16.5. The summed E-state index contributed by atoms with van der Waals surface area (Å²) in [7, 11) is 0. The number of nitrogens with one attached hydrogen (secondary N) is 1. The van der Waals surface area contributed by atoms with Crippen molar-refractivity contribution in [3.8, 4) is 0 Å². The quantitative estimate of drug-likeness (QED) is 0.825. The molecule has 0 amide bonds. The van der Waals surface area contributed by atoms with E-state index in [1.165, 1.54) is 0 Å². The van der Waals surface area contributed by atoms with Crippen molar-refractivity contribution in [1.29, 1.82) is 0 Å². The van der Waals surface area contributed by atoms with Gasteiger partial charge in [-0.05, 0) is 19.1 Å². The minimum Gasteiger partial charge on any atom is -0.465 e. The van der Waals surface area contributed by atoms with Gasteiger partial charge >= 0.3 is 0 Å². The van der Waals surface area contributed by atoms with E-state index >= 15 is 0 Å². The molecule has 0 aliphatic carbocycles. The van der Waals surface area contributed by atoms with Gasteiger partial charge in [0.05, 0.1) is 31.0 Å². The Balaban J connectivity index is 1.62. The van der Waals surface area contributed by atoms with Crippen LogP contribution in [0.5, 0.6) is 0 Å². The van der Waals surface area contributed by atoms with E-state index in [2.05, 4.69) is 10.5 Å². The van der Waals surface area contributed by atoms with E-state index in [0.717, 1.165) is 17.2 Å². The summed E-state index contributed by atoms with van der Waals surface area (Å²) in [5, 5.41) is 16.4. The van der Waals surface area contributed by atoms with Crippen LogP contribution in [0.15, 0.2) is 27.1 Å². The third-order valence-corrected chi connectivity index (χ3v) is 3.47. The summed E-state index contributed by atoms with van der Waals surface area (Å²) in [6.45, 7) is 3.72. The molecule has 1 fully saturated rings. The molecule has 0 spiro atoms.